The first-order valence-electron chi connectivity index (χ1n) is 7.33. The highest BCUT2D eigenvalue weighted by Crippen LogP contribution is 2.27. The summed E-state index contributed by atoms with van der Waals surface area (Å²) in [5.74, 6) is 0.759. The summed E-state index contributed by atoms with van der Waals surface area (Å²) in [5, 5.41) is 0. The highest BCUT2D eigenvalue weighted by Gasteiger charge is 2.20. The zero-order valence-corrected chi connectivity index (χ0v) is 11.4. The van der Waals surface area contributed by atoms with E-state index in [1.165, 1.54) is 24.1 Å². The molecule has 2 N–H and O–H groups in total. The third-order valence-electron chi connectivity index (χ3n) is 4.01. The van der Waals surface area contributed by atoms with Gasteiger partial charge in [-0.1, -0.05) is 0 Å². The van der Waals surface area contributed by atoms with E-state index in [2.05, 4.69) is 6.07 Å². The van der Waals surface area contributed by atoms with Gasteiger partial charge in [0, 0.05) is 30.6 Å². The minimum Gasteiger partial charge on any atom is -0.474 e. The molecular formula is C15H22N2O2. The molecule has 0 bridgehead atoms. The van der Waals surface area contributed by atoms with Crippen LogP contribution in [0.2, 0.25) is 0 Å². The second-order valence-electron chi connectivity index (χ2n) is 5.40. The van der Waals surface area contributed by atoms with Gasteiger partial charge in [0.15, 0.2) is 0 Å². The number of pyridine rings is 1. The first-order valence-corrected chi connectivity index (χ1v) is 7.33. The summed E-state index contributed by atoms with van der Waals surface area (Å²) in [7, 11) is 0. The van der Waals surface area contributed by atoms with Gasteiger partial charge in [-0.3, -0.25) is 0 Å². The Labute approximate surface area is 114 Å². The van der Waals surface area contributed by atoms with E-state index in [0.717, 1.165) is 50.3 Å². The van der Waals surface area contributed by atoms with E-state index in [-0.39, 0.29) is 6.10 Å². The third-order valence-corrected chi connectivity index (χ3v) is 4.01. The standard InChI is InChI=1S/C15H22N2O2/c16-10-12-9-11-3-1-2-4-14(11)17-15(12)19-13-5-7-18-8-6-13/h9,13H,1-8,10,16H2. The molecule has 0 unspecified atom stereocenters. The summed E-state index contributed by atoms with van der Waals surface area (Å²) in [6, 6.07) is 2.20. The van der Waals surface area contributed by atoms with Crippen molar-refractivity contribution in [3.8, 4) is 5.88 Å². The summed E-state index contributed by atoms with van der Waals surface area (Å²) in [6.07, 6.45) is 6.83. The molecule has 1 aliphatic heterocycles. The minimum atomic E-state index is 0.230. The van der Waals surface area contributed by atoms with Gasteiger partial charge in [-0.05, 0) is 37.3 Å². The number of nitrogens with two attached hydrogens (primary N) is 1. The number of aromatic nitrogens is 1. The Morgan fingerprint density at radius 1 is 1.26 bits per heavy atom. The molecule has 4 nitrogen and oxygen atoms in total. The second kappa shape index (κ2) is 5.88. The number of rotatable bonds is 3. The van der Waals surface area contributed by atoms with Gasteiger partial charge in [-0.2, -0.15) is 0 Å². The number of hydrogen-bond acceptors (Lipinski definition) is 4. The molecule has 3 rings (SSSR count). The molecule has 1 fully saturated rings. The number of ether oxygens (including phenoxy) is 2. The molecule has 0 atom stereocenters. The molecule has 19 heavy (non-hydrogen) atoms. The van der Waals surface area contributed by atoms with Gasteiger partial charge in [-0.15, -0.1) is 0 Å². The van der Waals surface area contributed by atoms with E-state index in [9.17, 15) is 0 Å². The van der Waals surface area contributed by atoms with Crippen molar-refractivity contribution in [2.24, 2.45) is 5.73 Å². The number of aryl methyl sites for hydroxylation is 2. The van der Waals surface area contributed by atoms with Crippen LogP contribution in [0.5, 0.6) is 5.88 Å². The first-order chi connectivity index (χ1) is 9.36. The molecular weight excluding hydrogens is 240 g/mol. The van der Waals surface area contributed by atoms with E-state index in [4.69, 9.17) is 20.2 Å². The van der Waals surface area contributed by atoms with Crippen molar-refractivity contribution >= 4 is 0 Å². The summed E-state index contributed by atoms with van der Waals surface area (Å²) >= 11 is 0. The maximum absolute atomic E-state index is 6.07. The summed E-state index contributed by atoms with van der Waals surface area (Å²) < 4.78 is 11.4. The zero-order chi connectivity index (χ0) is 13.1. The maximum Gasteiger partial charge on any atom is 0.218 e. The van der Waals surface area contributed by atoms with Crippen LogP contribution < -0.4 is 10.5 Å². The van der Waals surface area contributed by atoms with Crippen LogP contribution in [0.25, 0.3) is 0 Å². The fourth-order valence-electron chi connectivity index (χ4n) is 2.86. The molecule has 2 heterocycles. The van der Waals surface area contributed by atoms with E-state index in [0.29, 0.717) is 6.54 Å². The van der Waals surface area contributed by atoms with Crippen molar-refractivity contribution in [2.45, 2.75) is 51.2 Å². The smallest absolute Gasteiger partial charge is 0.218 e. The Bertz CT molecular complexity index is 442. The Morgan fingerprint density at radius 3 is 2.84 bits per heavy atom. The summed E-state index contributed by atoms with van der Waals surface area (Å²) in [6.45, 7) is 2.07. The zero-order valence-electron chi connectivity index (χ0n) is 11.4. The van der Waals surface area contributed by atoms with Gasteiger partial charge in [0.2, 0.25) is 5.88 Å². The van der Waals surface area contributed by atoms with Crippen LogP contribution in [0.3, 0.4) is 0 Å². The fourth-order valence-corrected chi connectivity index (χ4v) is 2.86. The highest BCUT2D eigenvalue weighted by molar-refractivity contribution is 5.35. The lowest BCUT2D eigenvalue weighted by Gasteiger charge is -2.25. The Hall–Kier alpha value is -1.13. The van der Waals surface area contributed by atoms with Gasteiger partial charge >= 0.3 is 0 Å². The van der Waals surface area contributed by atoms with E-state index in [1.54, 1.807) is 0 Å². The second-order valence-corrected chi connectivity index (χ2v) is 5.40. The van der Waals surface area contributed by atoms with E-state index in [1.807, 2.05) is 0 Å². The summed E-state index contributed by atoms with van der Waals surface area (Å²) in [4.78, 5) is 4.74. The molecule has 1 saturated heterocycles. The van der Waals surface area contributed by atoms with Crippen molar-refractivity contribution in [2.75, 3.05) is 13.2 Å². The van der Waals surface area contributed by atoms with E-state index >= 15 is 0 Å². The molecule has 1 aromatic rings. The normalized spacial score (nSPS) is 20.1. The molecule has 0 radical (unpaired) electrons. The van der Waals surface area contributed by atoms with Gasteiger partial charge in [0.05, 0.1) is 13.2 Å². The predicted molar refractivity (Wildman–Crippen MR) is 73.2 cm³/mol. The van der Waals surface area contributed by atoms with Crippen molar-refractivity contribution in [3.63, 3.8) is 0 Å². The quantitative estimate of drug-likeness (QED) is 0.905. The van der Waals surface area contributed by atoms with Gasteiger partial charge in [0.1, 0.15) is 6.10 Å². The molecule has 0 spiro atoms. The van der Waals surface area contributed by atoms with Crippen molar-refractivity contribution in [1.29, 1.82) is 0 Å². The largest absolute Gasteiger partial charge is 0.474 e. The van der Waals surface area contributed by atoms with Crippen LogP contribution in [0.1, 0.15) is 42.5 Å². The van der Waals surface area contributed by atoms with Crippen molar-refractivity contribution in [1.82, 2.24) is 4.98 Å². The van der Waals surface area contributed by atoms with Gasteiger partial charge in [0.25, 0.3) is 0 Å². The van der Waals surface area contributed by atoms with Gasteiger partial charge in [-0.25, -0.2) is 4.98 Å². The molecule has 0 amide bonds. The Kier molecular flexibility index (Phi) is 3.99. The minimum absolute atomic E-state index is 0.230. The lowest BCUT2D eigenvalue weighted by atomic mass is 9.95. The average Bonchev–Trinajstić information content (AvgIpc) is 2.47. The van der Waals surface area contributed by atoms with Crippen LogP contribution >= 0.6 is 0 Å². The maximum atomic E-state index is 6.07. The molecule has 2 aliphatic rings. The average molecular weight is 262 g/mol. The van der Waals surface area contributed by atoms with E-state index < -0.39 is 0 Å². The van der Waals surface area contributed by atoms with Crippen LogP contribution in [0, 0.1) is 0 Å². The molecule has 0 saturated carbocycles. The van der Waals surface area contributed by atoms with Crippen molar-refractivity contribution < 1.29 is 9.47 Å². The van der Waals surface area contributed by atoms with Crippen molar-refractivity contribution in [3.05, 3.63) is 22.9 Å². The predicted octanol–water partition coefficient (Wildman–Crippen LogP) is 1.98. The molecule has 4 heteroatoms. The fraction of sp³-hybridized carbons (Fsp3) is 0.667. The first kappa shape index (κ1) is 12.9. The van der Waals surface area contributed by atoms with Crippen LogP contribution in [0.4, 0.5) is 0 Å². The SMILES string of the molecule is NCc1cc2c(nc1OC1CCOCC1)CCCC2. The van der Waals surface area contributed by atoms with Gasteiger partial charge < -0.3 is 15.2 Å². The highest BCUT2D eigenvalue weighted by atomic mass is 16.5. The topological polar surface area (TPSA) is 57.4 Å². The molecule has 1 aromatic heterocycles. The Balaban J connectivity index is 1.82. The third kappa shape index (κ3) is 2.90. The lowest BCUT2D eigenvalue weighted by Crippen LogP contribution is -2.27. The molecule has 104 valence electrons. The monoisotopic (exact) mass is 262 g/mol. The van der Waals surface area contributed by atoms with Crippen LogP contribution in [-0.4, -0.2) is 24.3 Å². The lowest BCUT2D eigenvalue weighted by molar-refractivity contribution is 0.0232. The summed E-state index contributed by atoms with van der Waals surface area (Å²) in [5.41, 5.74) is 9.47. The molecule has 0 aromatic carbocycles. The number of nitrogens with zero attached hydrogens (tertiary/aromatic N) is 1. The van der Waals surface area contributed by atoms with Crippen LogP contribution in [-0.2, 0) is 24.1 Å². The van der Waals surface area contributed by atoms with Crippen LogP contribution in [0.15, 0.2) is 6.07 Å². The Morgan fingerprint density at radius 2 is 2.05 bits per heavy atom. The molecule has 1 aliphatic carbocycles. The number of hydrogen-bond donors (Lipinski definition) is 1. The number of fused-ring (bicyclic) bond motifs is 1.